The zero-order chi connectivity index (χ0) is 22.6. The first-order chi connectivity index (χ1) is 14.9. The van der Waals surface area contributed by atoms with Crippen molar-refractivity contribution in [2.75, 3.05) is 19.8 Å². The van der Waals surface area contributed by atoms with Gasteiger partial charge in [0.25, 0.3) is 5.91 Å². The van der Waals surface area contributed by atoms with E-state index in [0.717, 1.165) is 0 Å². The lowest BCUT2D eigenvalue weighted by atomic mass is 10.2. The third kappa shape index (κ3) is 8.74. The van der Waals surface area contributed by atoms with Crippen LogP contribution in [0.2, 0.25) is 10.0 Å². The lowest BCUT2D eigenvalue weighted by molar-refractivity contribution is -0.130. The summed E-state index contributed by atoms with van der Waals surface area (Å²) < 4.78 is 15.7. The number of carbonyl (C=O) groups is 3. The molecule has 0 radical (unpaired) electrons. The maximum Gasteiger partial charge on any atom is 0.338 e. The molecule has 0 aliphatic rings. The van der Waals surface area contributed by atoms with E-state index in [4.69, 9.17) is 37.4 Å². The Hall–Kier alpha value is -2.97. The Morgan fingerprint density at radius 1 is 0.935 bits per heavy atom. The number of halogens is 2. The molecular weight excluding hydrogens is 447 g/mol. The van der Waals surface area contributed by atoms with E-state index in [9.17, 15) is 14.4 Å². The van der Waals surface area contributed by atoms with Gasteiger partial charge >= 0.3 is 5.97 Å². The van der Waals surface area contributed by atoms with Gasteiger partial charge in [-0.25, -0.2) is 4.79 Å². The molecule has 0 aliphatic carbocycles. The fourth-order valence-electron chi connectivity index (χ4n) is 2.30. The largest absolute Gasteiger partial charge is 0.492 e. The number of esters is 1. The number of amides is 2. The number of carbonyl (C=O) groups excluding carboxylic acids is 3. The van der Waals surface area contributed by atoms with Gasteiger partial charge in [-0.05, 0) is 55.8 Å². The van der Waals surface area contributed by atoms with Gasteiger partial charge in [-0.3, -0.25) is 20.4 Å². The molecule has 0 aromatic heterocycles. The Morgan fingerprint density at radius 2 is 1.65 bits per heavy atom. The summed E-state index contributed by atoms with van der Waals surface area (Å²) in [6, 6.07) is 11.0. The maximum atomic E-state index is 11.8. The number of hydrazine groups is 1. The Labute approximate surface area is 189 Å². The summed E-state index contributed by atoms with van der Waals surface area (Å²) in [5, 5.41) is 0.893. The lowest BCUT2D eigenvalue weighted by Crippen LogP contribution is -2.43. The Kier molecular flexibility index (Phi) is 9.93. The second-order valence-electron chi connectivity index (χ2n) is 6.16. The number of rotatable bonds is 10. The first-order valence-electron chi connectivity index (χ1n) is 9.44. The van der Waals surface area contributed by atoms with Crippen molar-refractivity contribution in [1.29, 1.82) is 0 Å². The van der Waals surface area contributed by atoms with Crippen LogP contribution in [0.1, 0.15) is 30.1 Å². The van der Waals surface area contributed by atoms with Crippen LogP contribution in [0.15, 0.2) is 42.5 Å². The number of hydrogen-bond donors (Lipinski definition) is 2. The van der Waals surface area contributed by atoms with Gasteiger partial charge in [-0.1, -0.05) is 23.2 Å². The summed E-state index contributed by atoms with van der Waals surface area (Å²) in [6.45, 7) is 1.97. The van der Waals surface area contributed by atoms with E-state index < -0.39 is 11.9 Å². The van der Waals surface area contributed by atoms with Crippen molar-refractivity contribution in [3.05, 3.63) is 58.1 Å². The molecule has 0 saturated heterocycles. The predicted molar refractivity (Wildman–Crippen MR) is 115 cm³/mol. The van der Waals surface area contributed by atoms with Gasteiger partial charge in [-0.15, -0.1) is 0 Å². The molecule has 0 heterocycles. The predicted octanol–water partition coefficient (Wildman–Crippen LogP) is 3.56. The van der Waals surface area contributed by atoms with Crippen molar-refractivity contribution in [3.63, 3.8) is 0 Å². The third-order valence-corrected chi connectivity index (χ3v) is 4.31. The minimum atomic E-state index is -0.535. The summed E-state index contributed by atoms with van der Waals surface area (Å²) in [6.07, 6.45) is 0.561. The summed E-state index contributed by atoms with van der Waals surface area (Å²) in [4.78, 5) is 35.2. The zero-order valence-electron chi connectivity index (χ0n) is 16.8. The molecule has 0 atom stereocenters. The molecule has 2 aromatic carbocycles. The first kappa shape index (κ1) is 24.3. The highest BCUT2D eigenvalue weighted by molar-refractivity contribution is 6.35. The van der Waals surface area contributed by atoms with Crippen LogP contribution in [0.3, 0.4) is 0 Å². The minimum Gasteiger partial charge on any atom is -0.492 e. The topological polar surface area (TPSA) is 103 Å². The molecule has 0 bridgehead atoms. The fraction of sp³-hybridized carbons (Fsp3) is 0.286. The molecule has 10 heteroatoms. The van der Waals surface area contributed by atoms with E-state index >= 15 is 0 Å². The number of hydrogen-bond acceptors (Lipinski definition) is 6. The van der Waals surface area contributed by atoms with Crippen molar-refractivity contribution in [1.82, 2.24) is 10.9 Å². The summed E-state index contributed by atoms with van der Waals surface area (Å²) in [5.41, 5.74) is 4.94. The molecular formula is C21H22Cl2N2O6. The standard InChI is InChI=1S/C21H22Cl2N2O6/c1-2-29-21(28)14-5-8-16(9-6-14)31-13-20(27)25-24-19(26)4-3-11-30-18-10-7-15(22)12-17(18)23/h5-10,12H,2-4,11,13H2,1H3,(H,24,26)(H,25,27). The fourth-order valence-corrected chi connectivity index (χ4v) is 2.76. The van der Waals surface area contributed by atoms with Crippen LogP contribution in [0.25, 0.3) is 0 Å². The van der Waals surface area contributed by atoms with E-state index in [-0.39, 0.29) is 32.1 Å². The monoisotopic (exact) mass is 468 g/mol. The van der Waals surface area contributed by atoms with Gasteiger partial charge in [0, 0.05) is 11.4 Å². The van der Waals surface area contributed by atoms with Crippen LogP contribution < -0.4 is 20.3 Å². The van der Waals surface area contributed by atoms with Gasteiger partial charge in [0.05, 0.1) is 23.8 Å². The molecule has 2 amide bonds. The molecule has 0 aliphatic heterocycles. The number of nitrogens with one attached hydrogen (secondary N) is 2. The van der Waals surface area contributed by atoms with Crippen LogP contribution in [0, 0.1) is 0 Å². The highest BCUT2D eigenvalue weighted by atomic mass is 35.5. The van der Waals surface area contributed by atoms with Crippen LogP contribution >= 0.6 is 23.2 Å². The summed E-state index contributed by atoms with van der Waals surface area (Å²) in [5.74, 6) is -0.471. The van der Waals surface area contributed by atoms with Gasteiger partial charge in [0.1, 0.15) is 11.5 Å². The molecule has 2 N–H and O–H groups in total. The second kappa shape index (κ2) is 12.7. The number of benzene rings is 2. The summed E-state index contributed by atoms with van der Waals surface area (Å²) in [7, 11) is 0. The molecule has 8 nitrogen and oxygen atoms in total. The summed E-state index contributed by atoms with van der Waals surface area (Å²) >= 11 is 11.8. The van der Waals surface area contributed by atoms with Crippen LogP contribution in [0.5, 0.6) is 11.5 Å². The lowest BCUT2D eigenvalue weighted by Gasteiger charge is -2.10. The zero-order valence-corrected chi connectivity index (χ0v) is 18.3. The van der Waals surface area contributed by atoms with Crippen LogP contribution in [0.4, 0.5) is 0 Å². The van der Waals surface area contributed by atoms with E-state index in [1.807, 2.05) is 0 Å². The Balaban J connectivity index is 1.61. The molecule has 0 fully saturated rings. The third-order valence-electron chi connectivity index (χ3n) is 3.78. The first-order valence-corrected chi connectivity index (χ1v) is 10.2. The van der Waals surface area contributed by atoms with Crippen molar-refractivity contribution >= 4 is 41.0 Å². The van der Waals surface area contributed by atoms with Crippen molar-refractivity contribution in [2.24, 2.45) is 0 Å². The molecule has 0 unspecified atom stereocenters. The molecule has 0 spiro atoms. The second-order valence-corrected chi connectivity index (χ2v) is 7.00. The van der Waals surface area contributed by atoms with Crippen molar-refractivity contribution in [3.8, 4) is 11.5 Å². The molecule has 2 aromatic rings. The van der Waals surface area contributed by atoms with E-state index in [0.29, 0.717) is 33.5 Å². The maximum absolute atomic E-state index is 11.8. The average molecular weight is 469 g/mol. The number of ether oxygens (including phenoxy) is 3. The highest BCUT2D eigenvalue weighted by Crippen LogP contribution is 2.27. The molecule has 166 valence electrons. The Bertz CT molecular complexity index is 905. The molecule has 0 saturated carbocycles. The SMILES string of the molecule is CCOC(=O)c1ccc(OCC(=O)NNC(=O)CCCOc2ccc(Cl)cc2Cl)cc1. The van der Waals surface area contributed by atoms with Gasteiger partial charge in [-0.2, -0.15) is 0 Å². The van der Waals surface area contributed by atoms with E-state index in [1.165, 1.54) is 12.1 Å². The molecule has 2 rings (SSSR count). The van der Waals surface area contributed by atoms with E-state index in [2.05, 4.69) is 10.9 Å². The highest BCUT2D eigenvalue weighted by Gasteiger charge is 2.09. The van der Waals surface area contributed by atoms with Gasteiger partial charge < -0.3 is 14.2 Å². The van der Waals surface area contributed by atoms with Crippen molar-refractivity contribution < 1.29 is 28.6 Å². The quantitative estimate of drug-likeness (QED) is 0.314. The smallest absolute Gasteiger partial charge is 0.338 e. The van der Waals surface area contributed by atoms with Crippen LogP contribution in [-0.4, -0.2) is 37.6 Å². The van der Waals surface area contributed by atoms with Crippen molar-refractivity contribution in [2.45, 2.75) is 19.8 Å². The van der Waals surface area contributed by atoms with Gasteiger partial charge in [0.2, 0.25) is 5.91 Å². The minimum absolute atomic E-state index is 0.141. The Morgan fingerprint density at radius 3 is 2.32 bits per heavy atom. The van der Waals surface area contributed by atoms with Crippen LogP contribution in [-0.2, 0) is 14.3 Å². The molecule has 31 heavy (non-hydrogen) atoms. The average Bonchev–Trinajstić information content (AvgIpc) is 2.75. The van der Waals surface area contributed by atoms with E-state index in [1.54, 1.807) is 37.3 Å². The normalized spacial score (nSPS) is 10.2. The van der Waals surface area contributed by atoms with Gasteiger partial charge in [0.15, 0.2) is 6.61 Å².